The van der Waals surface area contributed by atoms with Gasteiger partial charge >= 0.3 is 21.7 Å². The van der Waals surface area contributed by atoms with Crippen molar-refractivity contribution in [2.45, 2.75) is 57.3 Å². The minimum atomic E-state index is -6.02. The summed E-state index contributed by atoms with van der Waals surface area (Å²) < 4.78 is 85.7. The van der Waals surface area contributed by atoms with Gasteiger partial charge in [0.2, 0.25) is 0 Å². The van der Waals surface area contributed by atoms with Gasteiger partial charge in [0.15, 0.2) is 5.75 Å². The van der Waals surface area contributed by atoms with E-state index in [4.69, 9.17) is 4.74 Å². The van der Waals surface area contributed by atoms with Crippen LogP contribution in [0.3, 0.4) is 0 Å². The second-order valence-electron chi connectivity index (χ2n) is 9.41. The van der Waals surface area contributed by atoms with Gasteiger partial charge in [-0.1, -0.05) is 0 Å². The van der Waals surface area contributed by atoms with Crippen LogP contribution >= 0.6 is 0 Å². The molecule has 0 aliphatic carbocycles. The molecule has 1 aliphatic rings. The Bertz CT molecular complexity index is 1280. The molecule has 0 unspecified atom stereocenters. The maximum Gasteiger partial charge on any atom is 0.534 e. The molecular formula is C22H27F4N3O6S. The number of benzene rings is 1. The molecule has 1 amide bonds. The molecule has 3 rings (SSSR count). The number of rotatable bonds is 6. The summed E-state index contributed by atoms with van der Waals surface area (Å²) in [6.45, 7) is 6.89. The highest BCUT2D eigenvalue weighted by molar-refractivity contribution is 7.88. The van der Waals surface area contributed by atoms with Gasteiger partial charge in [-0.05, 0) is 51.8 Å². The van der Waals surface area contributed by atoms with Crippen LogP contribution in [0.1, 0.15) is 33.6 Å². The number of halogens is 4. The number of alkyl carbamates (subject to hydrolysis) is 1. The van der Waals surface area contributed by atoms with Gasteiger partial charge < -0.3 is 23.7 Å². The standard InChI is InChI=1S/C22H27F4N3O6S/c1-21(2,3)34-20(31)27-15-6-8-28(9-7-15)10-11-29-17-12-14(23)4-5-16(17)18(13-19(29)30)35-36(32,33)22(24,25)26/h4-5,12-13,15H,6-11H2,1-3H3,(H,27,31). The van der Waals surface area contributed by atoms with Gasteiger partial charge in [0.1, 0.15) is 11.4 Å². The molecule has 0 atom stereocenters. The molecule has 200 valence electrons. The molecular weight excluding hydrogens is 510 g/mol. The van der Waals surface area contributed by atoms with E-state index in [0.717, 1.165) is 22.8 Å². The predicted molar refractivity (Wildman–Crippen MR) is 123 cm³/mol. The Kier molecular flexibility index (Phi) is 7.89. The number of carbonyl (C=O) groups excluding carboxylic acids is 1. The smallest absolute Gasteiger partial charge is 0.444 e. The molecule has 1 aromatic heterocycles. The fraction of sp³-hybridized carbons (Fsp3) is 0.545. The number of piperidine rings is 1. The Morgan fingerprint density at radius 1 is 1.11 bits per heavy atom. The van der Waals surface area contributed by atoms with Gasteiger partial charge in [0.05, 0.1) is 5.52 Å². The third-order valence-electron chi connectivity index (χ3n) is 5.47. The van der Waals surface area contributed by atoms with E-state index in [0.29, 0.717) is 38.5 Å². The lowest BCUT2D eigenvalue weighted by atomic mass is 10.1. The summed E-state index contributed by atoms with van der Waals surface area (Å²) in [6, 6.07) is 3.46. The summed E-state index contributed by atoms with van der Waals surface area (Å²) in [4.78, 5) is 26.6. The van der Waals surface area contributed by atoms with Crippen molar-refractivity contribution in [3.05, 3.63) is 40.4 Å². The molecule has 1 fully saturated rings. The van der Waals surface area contributed by atoms with E-state index in [-0.39, 0.29) is 23.5 Å². The summed E-state index contributed by atoms with van der Waals surface area (Å²) in [5.74, 6) is -1.60. The normalized spacial score (nSPS) is 16.2. The minimum absolute atomic E-state index is 0.0647. The third kappa shape index (κ3) is 6.87. The van der Waals surface area contributed by atoms with Crippen molar-refractivity contribution >= 4 is 27.1 Å². The Balaban J connectivity index is 1.72. The molecule has 1 saturated heterocycles. The van der Waals surface area contributed by atoms with E-state index in [1.165, 1.54) is 0 Å². The molecule has 1 aromatic carbocycles. The predicted octanol–water partition coefficient (Wildman–Crippen LogP) is 3.36. The maximum absolute atomic E-state index is 13.9. The summed E-state index contributed by atoms with van der Waals surface area (Å²) in [5, 5.41) is 2.65. The van der Waals surface area contributed by atoms with Crippen molar-refractivity contribution in [2.75, 3.05) is 19.6 Å². The van der Waals surface area contributed by atoms with Crippen molar-refractivity contribution in [3.8, 4) is 5.75 Å². The first-order valence-corrected chi connectivity index (χ1v) is 12.5. The highest BCUT2D eigenvalue weighted by Gasteiger charge is 2.48. The third-order valence-corrected chi connectivity index (χ3v) is 6.43. The monoisotopic (exact) mass is 537 g/mol. The largest absolute Gasteiger partial charge is 0.534 e. The number of pyridine rings is 1. The van der Waals surface area contributed by atoms with Crippen LogP contribution in [-0.4, -0.2) is 60.8 Å². The Hall–Kier alpha value is -2.87. The fourth-order valence-electron chi connectivity index (χ4n) is 3.80. The quantitative estimate of drug-likeness (QED) is 0.342. The number of carbonyl (C=O) groups is 1. The minimum Gasteiger partial charge on any atom is -0.444 e. The van der Waals surface area contributed by atoms with Gasteiger partial charge in [-0.3, -0.25) is 4.79 Å². The zero-order valence-electron chi connectivity index (χ0n) is 19.9. The Morgan fingerprint density at radius 2 is 1.75 bits per heavy atom. The van der Waals surface area contributed by atoms with Gasteiger partial charge in [-0.15, -0.1) is 0 Å². The Labute approximate surface area is 205 Å². The van der Waals surface area contributed by atoms with E-state index < -0.39 is 44.4 Å². The lowest BCUT2D eigenvalue weighted by Crippen LogP contribution is -2.46. The number of amides is 1. The van der Waals surface area contributed by atoms with Gasteiger partial charge in [0, 0.05) is 43.7 Å². The van der Waals surface area contributed by atoms with Crippen LogP contribution < -0.4 is 15.1 Å². The van der Waals surface area contributed by atoms with Gasteiger partial charge in [-0.25, -0.2) is 9.18 Å². The number of hydrogen-bond acceptors (Lipinski definition) is 7. The number of alkyl halides is 3. The molecule has 0 bridgehead atoms. The number of nitrogens with one attached hydrogen (secondary N) is 1. The van der Waals surface area contributed by atoms with Gasteiger partial charge in [0.25, 0.3) is 5.56 Å². The molecule has 1 aliphatic heterocycles. The van der Waals surface area contributed by atoms with Crippen LogP contribution in [0, 0.1) is 5.82 Å². The van der Waals surface area contributed by atoms with E-state index in [9.17, 15) is 35.6 Å². The van der Waals surface area contributed by atoms with Crippen LogP contribution in [0.25, 0.3) is 10.9 Å². The van der Waals surface area contributed by atoms with Crippen LogP contribution in [0.15, 0.2) is 29.1 Å². The topological polar surface area (TPSA) is 107 Å². The first kappa shape index (κ1) is 27.7. The SMILES string of the molecule is CC(C)(C)OC(=O)NC1CCN(CCn2c(=O)cc(OS(=O)(=O)C(F)(F)F)c3ccc(F)cc32)CC1. The highest BCUT2D eigenvalue weighted by Crippen LogP contribution is 2.31. The van der Waals surface area contributed by atoms with Crippen LogP contribution in [0.2, 0.25) is 0 Å². The molecule has 36 heavy (non-hydrogen) atoms. The van der Waals surface area contributed by atoms with E-state index in [1.54, 1.807) is 20.8 Å². The van der Waals surface area contributed by atoms with Crippen molar-refractivity contribution in [1.82, 2.24) is 14.8 Å². The summed E-state index contributed by atoms with van der Waals surface area (Å²) in [6.07, 6.45) is 0.757. The first-order chi connectivity index (χ1) is 16.6. The molecule has 9 nitrogen and oxygen atoms in total. The summed E-state index contributed by atoms with van der Waals surface area (Å²) >= 11 is 0. The molecule has 2 heterocycles. The summed E-state index contributed by atoms with van der Waals surface area (Å²) in [5.41, 5.74) is -7.26. The Morgan fingerprint density at radius 3 is 2.33 bits per heavy atom. The number of nitrogens with zero attached hydrogens (tertiary/aromatic N) is 2. The maximum atomic E-state index is 13.9. The van der Waals surface area contributed by atoms with E-state index in [1.807, 2.05) is 4.90 Å². The van der Waals surface area contributed by atoms with Gasteiger partial charge in [-0.2, -0.15) is 21.6 Å². The molecule has 0 saturated carbocycles. The molecule has 14 heteroatoms. The molecule has 1 N–H and O–H groups in total. The second kappa shape index (κ2) is 10.2. The average molecular weight is 538 g/mol. The van der Waals surface area contributed by atoms with Crippen LogP contribution in [0.4, 0.5) is 22.4 Å². The number of fused-ring (bicyclic) bond motifs is 1. The highest BCUT2D eigenvalue weighted by atomic mass is 32.2. The first-order valence-electron chi connectivity index (χ1n) is 11.1. The number of hydrogen-bond donors (Lipinski definition) is 1. The summed E-state index contributed by atoms with van der Waals surface area (Å²) in [7, 11) is -6.02. The molecule has 0 spiro atoms. The number of likely N-dealkylation sites (tertiary alicyclic amines) is 1. The number of ether oxygens (including phenoxy) is 1. The van der Waals surface area contributed by atoms with Crippen molar-refractivity contribution in [3.63, 3.8) is 0 Å². The van der Waals surface area contributed by atoms with E-state index in [2.05, 4.69) is 9.50 Å². The number of aromatic nitrogens is 1. The lowest BCUT2D eigenvalue weighted by molar-refractivity contribution is -0.0499. The molecule has 0 radical (unpaired) electrons. The van der Waals surface area contributed by atoms with Crippen LogP contribution in [0.5, 0.6) is 5.75 Å². The zero-order valence-corrected chi connectivity index (χ0v) is 20.7. The average Bonchev–Trinajstić information content (AvgIpc) is 2.72. The fourth-order valence-corrected chi connectivity index (χ4v) is 4.27. The van der Waals surface area contributed by atoms with Crippen molar-refractivity contribution in [1.29, 1.82) is 0 Å². The van der Waals surface area contributed by atoms with Crippen molar-refractivity contribution in [2.24, 2.45) is 0 Å². The zero-order chi connectivity index (χ0) is 26.9. The van der Waals surface area contributed by atoms with E-state index >= 15 is 0 Å². The second-order valence-corrected chi connectivity index (χ2v) is 10.9. The molecule has 2 aromatic rings. The lowest BCUT2D eigenvalue weighted by Gasteiger charge is -2.33. The van der Waals surface area contributed by atoms with Crippen LogP contribution in [-0.2, 0) is 21.4 Å². The van der Waals surface area contributed by atoms with Crippen molar-refractivity contribution < 1.29 is 39.7 Å².